The lowest BCUT2D eigenvalue weighted by molar-refractivity contribution is -0.142. The molecule has 2 saturated carbocycles. The van der Waals surface area contributed by atoms with Crippen LogP contribution >= 0.6 is 0 Å². The second-order valence-corrected chi connectivity index (χ2v) is 17.2. The van der Waals surface area contributed by atoms with Gasteiger partial charge in [0.1, 0.15) is 29.4 Å². The lowest BCUT2D eigenvalue weighted by Crippen LogP contribution is -2.58. The van der Waals surface area contributed by atoms with Crippen molar-refractivity contribution in [1.29, 1.82) is 0 Å². The number of aliphatic imine (C=N–C) groups is 1. The molecule has 294 valence electrons. The third kappa shape index (κ3) is 8.40. The molecular formula is C38H45F2N7O7S. The van der Waals surface area contributed by atoms with E-state index in [0.717, 1.165) is 12.0 Å². The van der Waals surface area contributed by atoms with Crippen LogP contribution in [-0.4, -0.2) is 94.7 Å². The number of carbonyl (C=O) groups excluding carboxylic acids is 4. The molecule has 4 heterocycles. The van der Waals surface area contributed by atoms with Crippen LogP contribution in [0.4, 0.5) is 8.78 Å². The molecule has 5 aliphatic rings. The number of ether oxygens (including phenoxy) is 1. The van der Waals surface area contributed by atoms with Crippen molar-refractivity contribution in [2.45, 2.75) is 113 Å². The van der Waals surface area contributed by atoms with Crippen LogP contribution in [0.25, 0.3) is 11.0 Å². The van der Waals surface area contributed by atoms with Crippen molar-refractivity contribution in [3.8, 4) is 5.88 Å². The SMILES string of the molecule is CC1=CC(C(=O)NC2CCCCCC=CC3CC3(C(=O)NS(=O)(=O)C3CC3)NC(=O)C3CC(Oc4nc5ccccc5nc4C(C)(F)F)CN3C2=O)=NCC1. The van der Waals surface area contributed by atoms with Gasteiger partial charge in [-0.3, -0.25) is 28.9 Å². The molecule has 3 N–H and O–H groups in total. The Bertz CT molecular complexity index is 2100. The number of nitrogens with one attached hydrogen (secondary N) is 3. The van der Waals surface area contributed by atoms with Crippen LogP contribution < -0.4 is 20.1 Å². The lowest BCUT2D eigenvalue weighted by atomic mass is 10.0. The zero-order valence-electron chi connectivity index (χ0n) is 30.7. The van der Waals surface area contributed by atoms with Crippen molar-refractivity contribution in [3.05, 3.63) is 53.8 Å². The third-order valence-corrected chi connectivity index (χ3v) is 12.6. The second-order valence-electron chi connectivity index (χ2n) is 15.3. The maximum absolute atomic E-state index is 14.9. The molecule has 0 radical (unpaired) electrons. The van der Waals surface area contributed by atoms with Crippen molar-refractivity contribution in [1.82, 2.24) is 30.2 Å². The number of aromatic nitrogens is 2. The van der Waals surface area contributed by atoms with Crippen LogP contribution in [0.1, 0.15) is 83.7 Å². The first-order chi connectivity index (χ1) is 26.1. The number of alkyl halides is 2. The van der Waals surface area contributed by atoms with Crippen molar-refractivity contribution < 1.29 is 41.1 Å². The van der Waals surface area contributed by atoms with E-state index in [2.05, 4.69) is 30.3 Å². The minimum atomic E-state index is -3.95. The molecule has 0 spiro atoms. The predicted molar refractivity (Wildman–Crippen MR) is 198 cm³/mol. The summed E-state index contributed by atoms with van der Waals surface area (Å²) in [6.07, 6.45) is 8.78. The first kappa shape index (κ1) is 38.5. The van der Waals surface area contributed by atoms with Gasteiger partial charge in [-0.2, -0.15) is 8.78 Å². The number of allylic oxidation sites excluding steroid dienone is 1. The van der Waals surface area contributed by atoms with Crippen LogP contribution in [0.2, 0.25) is 0 Å². The van der Waals surface area contributed by atoms with E-state index in [1.807, 2.05) is 13.0 Å². The van der Waals surface area contributed by atoms with Gasteiger partial charge < -0.3 is 20.3 Å². The first-order valence-electron chi connectivity index (χ1n) is 18.8. The smallest absolute Gasteiger partial charge is 0.292 e. The van der Waals surface area contributed by atoms with E-state index in [9.17, 15) is 36.4 Å². The zero-order chi connectivity index (χ0) is 39.1. The van der Waals surface area contributed by atoms with Gasteiger partial charge in [0.2, 0.25) is 27.7 Å². The molecule has 7 rings (SSSR count). The number of hydrogen-bond acceptors (Lipinski definition) is 10. The zero-order valence-corrected chi connectivity index (χ0v) is 31.5. The van der Waals surface area contributed by atoms with Crippen molar-refractivity contribution in [2.24, 2.45) is 10.9 Å². The Balaban J connectivity index is 1.21. The van der Waals surface area contributed by atoms with E-state index in [0.29, 0.717) is 57.5 Å². The summed E-state index contributed by atoms with van der Waals surface area (Å²) >= 11 is 0. The summed E-state index contributed by atoms with van der Waals surface area (Å²) in [5.74, 6) is -7.17. The quantitative estimate of drug-likeness (QED) is 0.338. The highest BCUT2D eigenvalue weighted by atomic mass is 32.2. The van der Waals surface area contributed by atoms with Gasteiger partial charge in [-0.05, 0) is 70.1 Å². The molecule has 1 aromatic heterocycles. The van der Waals surface area contributed by atoms with Crippen LogP contribution in [0, 0.1) is 5.92 Å². The van der Waals surface area contributed by atoms with E-state index < -0.39 is 86.0 Å². The van der Waals surface area contributed by atoms with E-state index in [4.69, 9.17) is 4.74 Å². The fraction of sp³-hybridized carbons (Fsp3) is 0.553. The summed E-state index contributed by atoms with van der Waals surface area (Å²) in [7, 11) is -3.95. The largest absolute Gasteiger partial charge is 0.471 e. The van der Waals surface area contributed by atoms with Crippen molar-refractivity contribution in [2.75, 3.05) is 13.1 Å². The van der Waals surface area contributed by atoms with Gasteiger partial charge in [0.25, 0.3) is 17.7 Å². The van der Waals surface area contributed by atoms with Crippen LogP contribution in [-0.2, 0) is 35.1 Å². The highest BCUT2D eigenvalue weighted by molar-refractivity contribution is 7.91. The molecule has 5 atom stereocenters. The number of nitrogens with zero attached hydrogens (tertiary/aromatic N) is 4. The average Bonchev–Trinajstić information content (AvgIpc) is 4.06. The summed E-state index contributed by atoms with van der Waals surface area (Å²) in [6, 6.07) is 4.09. The minimum absolute atomic E-state index is 0.136. The molecule has 55 heavy (non-hydrogen) atoms. The normalized spacial score (nSPS) is 27.7. The molecule has 0 bridgehead atoms. The van der Waals surface area contributed by atoms with Gasteiger partial charge in [-0.15, -0.1) is 0 Å². The molecule has 3 fully saturated rings. The van der Waals surface area contributed by atoms with Gasteiger partial charge in [0.15, 0.2) is 5.69 Å². The van der Waals surface area contributed by atoms with E-state index in [1.165, 1.54) is 4.90 Å². The van der Waals surface area contributed by atoms with Gasteiger partial charge in [-0.25, -0.2) is 18.4 Å². The monoisotopic (exact) mass is 781 g/mol. The topological polar surface area (TPSA) is 189 Å². The Kier molecular flexibility index (Phi) is 10.5. The fourth-order valence-electron chi connectivity index (χ4n) is 7.43. The predicted octanol–water partition coefficient (Wildman–Crippen LogP) is 3.37. The van der Waals surface area contributed by atoms with Crippen LogP contribution in [0.15, 0.2) is 53.1 Å². The second kappa shape index (κ2) is 15.0. The van der Waals surface area contributed by atoms with Crippen LogP contribution in [0.3, 0.4) is 0 Å². The maximum atomic E-state index is 14.9. The summed E-state index contributed by atoms with van der Waals surface area (Å²) < 4.78 is 63.8. The molecule has 5 unspecified atom stereocenters. The molecule has 2 aliphatic carbocycles. The third-order valence-electron chi connectivity index (χ3n) is 10.8. The number of hydrogen-bond donors (Lipinski definition) is 3. The maximum Gasteiger partial charge on any atom is 0.292 e. The van der Waals surface area contributed by atoms with Gasteiger partial charge in [0, 0.05) is 25.8 Å². The highest BCUT2D eigenvalue weighted by Crippen LogP contribution is 2.46. The molecule has 4 amide bonds. The molecule has 17 heteroatoms. The molecule has 3 aliphatic heterocycles. The summed E-state index contributed by atoms with van der Waals surface area (Å²) in [5, 5.41) is 4.94. The fourth-order valence-corrected chi connectivity index (χ4v) is 8.79. The number of carbonyl (C=O) groups is 4. The van der Waals surface area contributed by atoms with Crippen LogP contribution in [0.5, 0.6) is 5.88 Å². The van der Waals surface area contributed by atoms with E-state index in [-0.39, 0.29) is 37.0 Å². The van der Waals surface area contributed by atoms with E-state index in [1.54, 1.807) is 36.4 Å². The molecule has 14 nitrogen and oxygen atoms in total. The van der Waals surface area contributed by atoms with E-state index >= 15 is 0 Å². The summed E-state index contributed by atoms with van der Waals surface area (Å²) in [6.45, 7) is 2.74. The highest BCUT2D eigenvalue weighted by Gasteiger charge is 2.62. The Labute approximate surface area is 317 Å². The summed E-state index contributed by atoms with van der Waals surface area (Å²) in [5.41, 5.74) is -0.632. The first-order valence-corrected chi connectivity index (χ1v) is 20.4. The number of dihydropyridines is 1. The number of amides is 4. The Morgan fingerprint density at radius 2 is 1.82 bits per heavy atom. The lowest BCUT2D eigenvalue weighted by Gasteiger charge is -2.30. The Hall–Kier alpha value is -4.80. The average molecular weight is 782 g/mol. The number of benzene rings is 1. The van der Waals surface area contributed by atoms with Crippen molar-refractivity contribution in [3.63, 3.8) is 0 Å². The number of sulfonamides is 1. The molecule has 1 saturated heterocycles. The molecule has 2 aromatic rings. The number of fused-ring (bicyclic) bond motifs is 3. The minimum Gasteiger partial charge on any atom is -0.471 e. The number of rotatable bonds is 8. The van der Waals surface area contributed by atoms with Gasteiger partial charge in [-0.1, -0.05) is 42.7 Å². The standard InChI is InChI=1S/C38H45F2N7O7S/c1-22-16-17-41-29(18-22)32(48)43-28-13-7-5-3-4-6-10-23-20-38(23,36(51)46-55(52,53)25-14-15-25)45-33(49)30-19-24(21-47(30)35(28)50)54-34-31(37(2,39)40)42-26-11-8-9-12-27(26)44-34/h6,8-12,18,23-25,28,30H,3-5,7,13-17,19-21H2,1-2H3,(H,43,48)(H,45,49)(H,46,51). The molecule has 1 aromatic carbocycles. The van der Waals surface area contributed by atoms with Gasteiger partial charge in [0.05, 0.1) is 22.8 Å². The molecular weight excluding hydrogens is 737 g/mol. The van der Waals surface area contributed by atoms with Gasteiger partial charge >= 0.3 is 0 Å². The Morgan fingerprint density at radius 1 is 1.07 bits per heavy atom. The number of halogens is 2. The number of para-hydroxylation sites is 2. The Morgan fingerprint density at radius 3 is 2.53 bits per heavy atom. The van der Waals surface area contributed by atoms with Crippen molar-refractivity contribution >= 4 is 50.4 Å². The summed E-state index contributed by atoms with van der Waals surface area (Å²) in [4.78, 5) is 70.1.